The van der Waals surface area contributed by atoms with Crippen molar-refractivity contribution in [1.29, 1.82) is 0 Å². The quantitative estimate of drug-likeness (QED) is 0.492. The second-order valence-electron chi connectivity index (χ2n) is 3.69. The molecule has 0 radical (unpaired) electrons. The summed E-state index contributed by atoms with van der Waals surface area (Å²) < 4.78 is 4.59. The van der Waals surface area contributed by atoms with Gasteiger partial charge in [-0.05, 0) is 25.1 Å². The molecule has 90 valence electrons. The Balaban J connectivity index is 2.94. The maximum Gasteiger partial charge on any atom is 0.337 e. The van der Waals surface area contributed by atoms with Crippen molar-refractivity contribution < 1.29 is 14.6 Å². The second-order valence-corrected chi connectivity index (χ2v) is 3.69. The maximum absolute atomic E-state index is 11.3. The predicted octanol–water partition coefficient (Wildman–Crippen LogP) is 2.17. The highest BCUT2D eigenvalue weighted by atomic mass is 16.5. The van der Waals surface area contributed by atoms with Gasteiger partial charge in [-0.15, -0.1) is 0 Å². The maximum atomic E-state index is 11.3. The number of carbonyl (C=O) groups excluding carboxylic acids is 1. The van der Waals surface area contributed by atoms with E-state index in [9.17, 15) is 9.90 Å². The van der Waals surface area contributed by atoms with Gasteiger partial charge >= 0.3 is 5.97 Å². The number of hydrogen-bond donors (Lipinski definition) is 1. The molecule has 0 bridgehead atoms. The molecule has 0 spiro atoms. The lowest BCUT2D eigenvalue weighted by Crippen LogP contribution is -2.01. The molecule has 0 heterocycles. The van der Waals surface area contributed by atoms with E-state index in [0.717, 1.165) is 5.57 Å². The summed E-state index contributed by atoms with van der Waals surface area (Å²) in [5, 5.41) is 9.59. The Morgan fingerprint density at radius 2 is 2.29 bits per heavy atom. The summed E-state index contributed by atoms with van der Waals surface area (Å²) >= 11 is 0. The second kappa shape index (κ2) is 5.84. The molecule has 0 aliphatic carbocycles. The van der Waals surface area contributed by atoms with Gasteiger partial charge < -0.3 is 9.84 Å². The molecule has 1 N–H and O–H groups in total. The smallest absolute Gasteiger partial charge is 0.337 e. The number of methoxy groups -OCH3 is 1. The van der Waals surface area contributed by atoms with Gasteiger partial charge in [0.15, 0.2) is 0 Å². The number of esters is 1. The molecule has 0 saturated heterocycles. The van der Waals surface area contributed by atoms with E-state index in [1.165, 1.54) is 31.5 Å². The third-order valence-corrected chi connectivity index (χ3v) is 2.04. The normalized spacial score (nSPS) is 10.5. The average Bonchev–Trinajstić information content (AvgIpc) is 2.30. The third kappa shape index (κ3) is 3.75. The van der Waals surface area contributed by atoms with Crippen molar-refractivity contribution >= 4 is 12.2 Å². The van der Waals surface area contributed by atoms with E-state index in [4.69, 9.17) is 0 Å². The number of benzene rings is 1. The Hall–Kier alpha value is -2.10. The highest BCUT2D eigenvalue weighted by Crippen LogP contribution is 2.17. The lowest BCUT2D eigenvalue weighted by Gasteiger charge is -2.02. The highest BCUT2D eigenvalue weighted by Gasteiger charge is 2.07. The van der Waals surface area contributed by atoms with Gasteiger partial charge in [0.2, 0.25) is 0 Å². The Bertz CT molecular complexity index is 464. The van der Waals surface area contributed by atoms with E-state index in [1.807, 2.05) is 6.92 Å². The molecule has 17 heavy (non-hydrogen) atoms. The van der Waals surface area contributed by atoms with Gasteiger partial charge in [0.1, 0.15) is 5.75 Å². The number of phenols is 1. The number of aliphatic imine (C=N–C) groups is 1. The van der Waals surface area contributed by atoms with Crippen LogP contribution < -0.4 is 0 Å². The summed E-state index contributed by atoms with van der Waals surface area (Å²) in [6.45, 7) is 6.07. The minimum atomic E-state index is -0.445. The number of rotatable bonds is 4. The van der Waals surface area contributed by atoms with Crippen molar-refractivity contribution in [2.75, 3.05) is 13.7 Å². The van der Waals surface area contributed by atoms with Crippen LogP contribution in [0.3, 0.4) is 0 Å². The minimum absolute atomic E-state index is 0.0723. The van der Waals surface area contributed by atoms with Crippen LogP contribution in [0.1, 0.15) is 22.8 Å². The molecule has 4 nitrogen and oxygen atoms in total. The molecule has 0 aliphatic heterocycles. The first-order valence-electron chi connectivity index (χ1n) is 5.10. The van der Waals surface area contributed by atoms with Gasteiger partial charge in [-0.25, -0.2) is 4.79 Å². The topological polar surface area (TPSA) is 58.9 Å². The summed E-state index contributed by atoms with van der Waals surface area (Å²) in [6, 6.07) is 4.47. The van der Waals surface area contributed by atoms with Crippen LogP contribution in [0.4, 0.5) is 0 Å². The molecule has 0 aromatic heterocycles. The van der Waals surface area contributed by atoms with Crippen molar-refractivity contribution in [3.8, 4) is 5.75 Å². The Labute approximate surface area is 100 Å². The minimum Gasteiger partial charge on any atom is -0.507 e. The third-order valence-electron chi connectivity index (χ3n) is 2.04. The van der Waals surface area contributed by atoms with Crippen LogP contribution in [0.25, 0.3) is 0 Å². The zero-order valence-corrected chi connectivity index (χ0v) is 9.93. The van der Waals surface area contributed by atoms with Crippen molar-refractivity contribution in [2.45, 2.75) is 6.92 Å². The molecule has 0 unspecified atom stereocenters. The first kappa shape index (κ1) is 13.0. The number of phenolic OH excluding ortho intramolecular Hbond substituents is 1. The zero-order valence-electron chi connectivity index (χ0n) is 9.93. The van der Waals surface area contributed by atoms with Crippen LogP contribution in [0.15, 0.2) is 35.3 Å². The highest BCUT2D eigenvalue weighted by molar-refractivity contribution is 5.93. The van der Waals surface area contributed by atoms with E-state index >= 15 is 0 Å². The van der Waals surface area contributed by atoms with E-state index in [2.05, 4.69) is 16.3 Å². The fourth-order valence-electron chi connectivity index (χ4n) is 1.20. The Morgan fingerprint density at radius 3 is 2.88 bits per heavy atom. The zero-order chi connectivity index (χ0) is 12.8. The van der Waals surface area contributed by atoms with E-state index in [0.29, 0.717) is 17.7 Å². The van der Waals surface area contributed by atoms with Crippen LogP contribution in [0, 0.1) is 0 Å². The summed E-state index contributed by atoms with van der Waals surface area (Å²) in [4.78, 5) is 15.4. The Morgan fingerprint density at radius 1 is 1.59 bits per heavy atom. The van der Waals surface area contributed by atoms with Gasteiger partial charge in [0, 0.05) is 11.8 Å². The molecule has 4 heteroatoms. The molecular weight excluding hydrogens is 218 g/mol. The van der Waals surface area contributed by atoms with Gasteiger partial charge in [-0.1, -0.05) is 12.2 Å². The van der Waals surface area contributed by atoms with E-state index < -0.39 is 5.97 Å². The number of carbonyl (C=O) groups is 1. The van der Waals surface area contributed by atoms with E-state index in [-0.39, 0.29) is 5.75 Å². The summed E-state index contributed by atoms with van der Waals surface area (Å²) in [7, 11) is 1.31. The van der Waals surface area contributed by atoms with Crippen molar-refractivity contribution in [3.63, 3.8) is 0 Å². The lowest BCUT2D eigenvalue weighted by molar-refractivity contribution is 0.0600. The van der Waals surface area contributed by atoms with Gasteiger partial charge in [-0.2, -0.15) is 0 Å². The largest absolute Gasteiger partial charge is 0.507 e. The monoisotopic (exact) mass is 233 g/mol. The SMILES string of the molecule is C=C(C)C/N=C/c1cc(C(=O)OC)ccc1O. The fraction of sp³-hybridized carbons (Fsp3) is 0.231. The standard InChI is InChI=1S/C13H15NO3/c1-9(2)7-14-8-11-6-10(13(16)17-3)4-5-12(11)15/h4-6,8,15H,1,7H2,2-3H3/b14-8+. The summed E-state index contributed by atoms with van der Waals surface area (Å²) in [5.41, 5.74) is 1.78. The first-order chi connectivity index (χ1) is 8.04. The molecule has 1 rings (SSSR count). The molecular formula is C13H15NO3. The lowest BCUT2D eigenvalue weighted by atomic mass is 10.1. The number of nitrogens with zero attached hydrogens (tertiary/aromatic N) is 1. The molecule has 1 aromatic rings. The van der Waals surface area contributed by atoms with Crippen molar-refractivity contribution in [3.05, 3.63) is 41.5 Å². The molecule has 1 aromatic carbocycles. The fourth-order valence-corrected chi connectivity index (χ4v) is 1.20. The number of hydrogen-bond acceptors (Lipinski definition) is 4. The van der Waals surface area contributed by atoms with Crippen LogP contribution in [-0.4, -0.2) is 30.9 Å². The first-order valence-corrected chi connectivity index (χ1v) is 5.10. The van der Waals surface area contributed by atoms with Gasteiger partial charge in [0.25, 0.3) is 0 Å². The summed E-state index contributed by atoms with van der Waals surface area (Å²) in [6.07, 6.45) is 1.51. The number of aromatic hydroxyl groups is 1. The van der Waals surface area contributed by atoms with Crippen molar-refractivity contribution in [1.82, 2.24) is 0 Å². The molecule has 0 saturated carbocycles. The van der Waals surface area contributed by atoms with Crippen LogP contribution in [0.5, 0.6) is 5.75 Å². The van der Waals surface area contributed by atoms with Crippen LogP contribution in [0.2, 0.25) is 0 Å². The molecule has 0 aliphatic rings. The summed E-state index contributed by atoms with van der Waals surface area (Å²) in [5.74, 6) is -0.373. The van der Waals surface area contributed by atoms with Crippen LogP contribution in [-0.2, 0) is 4.74 Å². The van der Waals surface area contributed by atoms with Crippen LogP contribution >= 0.6 is 0 Å². The van der Waals surface area contributed by atoms with Crippen molar-refractivity contribution in [2.24, 2.45) is 4.99 Å². The molecule has 0 fully saturated rings. The Kier molecular flexibility index (Phi) is 4.46. The van der Waals surface area contributed by atoms with E-state index in [1.54, 1.807) is 0 Å². The van der Waals surface area contributed by atoms with Gasteiger partial charge in [-0.3, -0.25) is 4.99 Å². The van der Waals surface area contributed by atoms with Gasteiger partial charge in [0.05, 0.1) is 19.2 Å². The molecule has 0 amide bonds. The molecule has 0 atom stereocenters. The number of ether oxygens (including phenoxy) is 1. The predicted molar refractivity (Wildman–Crippen MR) is 66.7 cm³/mol. The average molecular weight is 233 g/mol.